The van der Waals surface area contributed by atoms with Crippen LogP contribution < -0.4 is 5.32 Å². The molecule has 2 fully saturated rings. The van der Waals surface area contributed by atoms with Gasteiger partial charge in [0, 0.05) is 30.3 Å². The molecule has 0 aromatic heterocycles. The predicted octanol–water partition coefficient (Wildman–Crippen LogP) is 3.15. The highest BCUT2D eigenvalue weighted by molar-refractivity contribution is 8.19. The number of carbonyl (C=O) groups is 1. The smallest absolute Gasteiger partial charge is 0.321 e. The van der Waals surface area contributed by atoms with E-state index in [1.807, 2.05) is 35.7 Å². The Bertz CT molecular complexity index is 506. The van der Waals surface area contributed by atoms with Crippen LogP contribution in [0.1, 0.15) is 23.0 Å². The number of likely N-dealkylation sites (tertiary alicyclic amines) is 1. The molecule has 2 amide bonds. The summed E-state index contributed by atoms with van der Waals surface area (Å²) >= 11 is 3.92. The van der Waals surface area contributed by atoms with Crippen LogP contribution >= 0.6 is 23.5 Å². The Morgan fingerprint density at radius 2 is 2.14 bits per heavy atom. The fourth-order valence-corrected chi connectivity index (χ4v) is 5.49. The van der Waals surface area contributed by atoms with E-state index in [1.54, 1.807) is 4.90 Å². The van der Waals surface area contributed by atoms with Crippen LogP contribution in [0.25, 0.3) is 0 Å². The first kappa shape index (κ1) is 15.1. The number of benzene rings is 1. The van der Waals surface area contributed by atoms with E-state index >= 15 is 0 Å². The van der Waals surface area contributed by atoms with Crippen LogP contribution in [0.5, 0.6) is 0 Å². The van der Waals surface area contributed by atoms with Crippen molar-refractivity contribution in [2.45, 2.75) is 23.5 Å². The standard InChI is InChI=1S/C15H20N2O2S2/c18-13-5-2-6-17(10-13)15(19)16-12-4-1-3-11(9-12)14-20-7-8-21-14/h1,3-4,9,13-14,18H,2,5-8,10H2,(H,16,19)/t13-/m0/s1. The van der Waals surface area contributed by atoms with Gasteiger partial charge in [-0.15, -0.1) is 23.5 Å². The summed E-state index contributed by atoms with van der Waals surface area (Å²) in [5, 5.41) is 12.6. The van der Waals surface area contributed by atoms with Crippen LogP contribution in [0.3, 0.4) is 0 Å². The van der Waals surface area contributed by atoms with Gasteiger partial charge < -0.3 is 15.3 Å². The number of piperidine rings is 1. The first-order valence-electron chi connectivity index (χ1n) is 7.29. The lowest BCUT2D eigenvalue weighted by Gasteiger charge is -2.30. The third kappa shape index (κ3) is 3.87. The van der Waals surface area contributed by atoms with E-state index in [2.05, 4.69) is 17.4 Å². The Kier molecular flexibility index (Phi) is 4.98. The molecule has 4 nitrogen and oxygen atoms in total. The summed E-state index contributed by atoms with van der Waals surface area (Å²) in [7, 11) is 0. The molecule has 2 saturated heterocycles. The van der Waals surface area contributed by atoms with Gasteiger partial charge in [-0.05, 0) is 30.5 Å². The van der Waals surface area contributed by atoms with E-state index in [4.69, 9.17) is 0 Å². The topological polar surface area (TPSA) is 52.6 Å². The zero-order chi connectivity index (χ0) is 14.7. The normalized spacial score (nSPS) is 23.3. The minimum atomic E-state index is -0.387. The van der Waals surface area contributed by atoms with Crippen molar-refractivity contribution in [3.63, 3.8) is 0 Å². The van der Waals surface area contributed by atoms with Crippen LogP contribution in [0.2, 0.25) is 0 Å². The Morgan fingerprint density at radius 3 is 2.90 bits per heavy atom. The van der Waals surface area contributed by atoms with Crippen LogP contribution in [0.4, 0.5) is 10.5 Å². The average Bonchev–Trinajstić information content (AvgIpc) is 3.02. The SMILES string of the molecule is O=C(Nc1cccc(C2SCCS2)c1)N1CCC[C@H](O)C1. The predicted molar refractivity (Wildman–Crippen MR) is 89.9 cm³/mol. The fourth-order valence-electron chi connectivity index (χ4n) is 2.66. The molecule has 2 aliphatic heterocycles. The molecule has 114 valence electrons. The molecule has 21 heavy (non-hydrogen) atoms. The summed E-state index contributed by atoms with van der Waals surface area (Å²) in [5.41, 5.74) is 2.10. The molecule has 2 N–H and O–H groups in total. The number of carbonyl (C=O) groups excluding carboxylic acids is 1. The molecule has 0 radical (unpaired) electrons. The molecular formula is C15H20N2O2S2. The highest BCUT2D eigenvalue weighted by Gasteiger charge is 2.22. The van der Waals surface area contributed by atoms with E-state index in [-0.39, 0.29) is 12.1 Å². The lowest BCUT2D eigenvalue weighted by molar-refractivity contribution is 0.0883. The van der Waals surface area contributed by atoms with Gasteiger partial charge in [0.2, 0.25) is 0 Å². The summed E-state index contributed by atoms with van der Waals surface area (Å²) < 4.78 is 0.485. The number of anilines is 1. The zero-order valence-electron chi connectivity index (χ0n) is 11.8. The van der Waals surface area contributed by atoms with Crippen molar-refractivity contribution >= 4 is 35.2 Å². The van der Waals surface area contributed by atoms with E-state index in [0.717, 1.165) is 25.1 Å². The van der Waals surface area contributed by atoms with E-state index in [9.17, 15) is 9.90 Å². The monoisotopic (exact) mass is 324 g/mol. The molecule has 1 atom stereocenters. The van der Waals surface area contributed by atoms with E-state index < -0.39 is 0 Å². The number of hydrogen-bond donors (Lipinski definition) is 2. The molecule has 3 rings (SSSR count). The van der Waals surface area contributed by atoms with Gasteiger partial charge in [-0.1, -0.05) is 12.1 Å². The maximum Gasteiger partial charge on any atom is 0.321 e. The number of aliphatic hydroxyl groups is 1. The van der Waals surface area contributed by atoms with E-state index in [0.29, 0.717) is 11.1 Å². The second kappa shape index (κ2) is 6.94. The van der Waals surface area contributed by atoms with Crippen LogP contribution in [-0.4, -0.2) is 46.7 Å². The molecule has 0 saturated carbocycles. The molecule has 1 aromatic carbocycles. The van der Waals surface area contributed by atoms with Crippen molar-refractivity contribution in [1.29, 1.82) is 0 Å². The van der Waals surface area contributed by atoms with Gasteiger partial charge in [0.15, 0.2) is 0 Å². The summed E-state index contributed by atoms with van der Waals surface area (Å²) in [6.07, 6.45) is 1.27. The number of nitrogens with zero attached hydrogens (tertiary/aromatic N) is 1. The number of amides is 2. The second-order valence-electron chi connectivity index (χ2n) is 5.37. The zero-order valence-corrected chi connectivity index (χ0v) is 13.5. The van der Waals surface area contributed by atoms with Crippen molar-refractivity contribution in [1.82, 2.24) is 4.90 Å². The van der Waals surface area contributed by atoms with Crippen molar-refractivity contribution in [2.75, 3.05) is 29.9 Å². The number of nitrogens with one attached hydrogen (secondary N) is 1. The number of urea groups is 1. The van der Waals surface area contributed by atoms with Crippen LogP contribution in [-0.2, 0) is 0 Å². The van der Waals surface area contributed by atoms with Gasteiger partial charge in [0.1, 0.15) is 0 Å². The van der Waals surface area contributed by atoms with Crippen molar-refractivity contribution in [3.05, 3.63) is 29.8 Å². The van der Waals surface area contributed by atoms with Gasteiger partial charge in [0.05, 0.1) is 10.7 Å². The number of β-amino-alcohol motifs (C(OH)–C–C–N with tert-alkyl or cyclic N) is 1. The molecule has 6 heteroatoms. The van der Waals surface area contributed by atoms with E-state index in [1.165, 1.54) is 17.1 Å². The van der Waals surface area contributed by atoms with Gasteiger partial charge in [-0.2, -0.15) is 0 Å². The summed E-state index contributed by atoms with van der Waals surface area (Å²) in [5.74, 6) is 2.38. The van der Waals surface area contributed by atoms with Gasteiger partial charge >= 0.3 is 6.03 Å². The average molecular weight is 324 g/mol. The molecule has 1 aromatic rings. The third-order valence-electron chi connectivity index (χ3n) is 3.72. The quantitative estimate of drug-likeness (QED) is 0.877. The molecule has 0 bridgehead atoms. The van der Waals surface area contributed by atoms with Gasteiger partial charge in [-0.25, -0.2) is 4.79 Å². The number of thioether (sulfide) groups is 2. The molecule has 2 aliphatic rings. The van der Waals surface area contributed by atoms with Crippen molar-refractivity contribution in [2.24, 2.45) is 0 Å². The Hall–Kier alpha value is -0.850. The van der Waals surface area contributed by atoms with Crippen LogP contribution in [0, 0.1) is 0 Å². The minimum Gasteiger partial charge on any atom is -0.391 e. The highest BCUT2D eigenvalue weighted by Crippen LogP contribution is 2.45. The van der Waals surface area contributed by atoms with Crippen molar-refractivity contribution in [3.8, 4) is 0 Å². The molecular weight excluding hydrogens is 304 g/mol. The maximum atomic E-state index is 12.2. The molecule has 0 aliphatic carbocycles. The van der Waals surface area contributed by atoms with Crippen molar-refractivity contribution < 1.29 is 9.90 Å². The molecule has 0 spiro atoms. The molecule has 2 heterocycles. The summed E-state index contributed by atoms with van der Waals surface area (Å²) in [6.45, 7) is 1.15. The van der Waals surface area contributed by atoms with Gasteiger partial charge in [0.25, 0.3) is 0 Å². The van der Waals surface area contributed by atoms with Crippen LogP contribution in [0.15, 0.2) is 24.3 Å². The Labute approximate surface area is 133 Å². The number of hydrogen-bond acceptors (Lipinski definition) is 4. The Morgan fingerprint density at radius 1 is 1.33 bits per heavy atom. The first-order valence-corrected chi connectivity index (χ1v) is 9.39. The Balaban J connectivity index is 1.64. The second-order valence-corrected chi connectivity index (χ2v) is 8.10. The lowest BCUT2D eigenvalue weighted by atomic mass is 10.1. The summed E-state index contributed by atoms with van der Waals surface area (Å²) in [4.78, 5) is 13.9. The highest BCUT2D eigenvalue weighted by atomic mass is 32.2. The maximum absolute atomic E-state index is 12.2. The number of rotatable bonds is 2. The lowest BCUT2D eigenvalue weighted by Crippen LogP contribution is -2.44. The minimum absolute atomic E-state index is 0.113. The first-order chi connectivity index (χ1) is 10.2. The summed E-state index contributed by atoms with van der Waals surface area (Å²) in [6, 6.07) is 7.99. The number of aliphatic hydroxyl groups excluding tert-OH is 1. The third-order valence-corrected chi connectivity index (χ3v) is 6.82. The largest absolute Gasteiger partial charge is 0.391 e. The molecule has 0 unspecified atom stereocenters. The van der Waals surface area contributed by atoms with Gasteiger partial charge in [-0.3, -0.25) is 0 Å². The fraction of sp³-hybridized carbons (Fsp3) is 0.533.